The minimum absolute atomic E-state index is 0.129. The molecule has 0 unspecified atom stereocenters. The fourth-order valence-corrected chi connectivity index (χ4v) is 3.26. The monoisotopic (exact) mass is 400 g/mol. The predicted octanol–water partition coefficient (Wildman–Crippen LogP) is 1.27. The van der Waals surface area contributed by atoms with E-state index in [0.29, 0.717) is 18.1 Å². The lowest BCUT2D eigenvalue weighted by atomic mass is 10.1. The molecule has 3 rings (SSSR count). The third-order valence-electron chi connectivity index (χ3n) is 4.81. The predicted molar refractivity (Wildman–Crippen MR) is 110 cm³/mol. The van der Waals surface area contributed by atoms with Crippen LogP contribution in [0.4, 0.5) is 17.2 Å². The van der Waals surface area contributed by atoms with Crippen molar-refractivity contribution < 1.29 is 19.4 Å². The first-order valence-corrected chi connectivity index (χ1v) is 9.71. The molecule has 1 aliphatic heterocycles. The highest BCUT2D eigenvalue weighted by atomic mass is 16.6. The van der Waals surface area contributed by atoms with Gasteiger partial charge in [-0.1, -0.05) is 6.07 Å². The van der Waals surface area contributed by atoms with Gasteiger partial charge in [-0.15, -0.1) is 0 Å². The largest absolute Gasteiger partial charge is 0.384 e. The zero-order valence-corrected chi connectivity index (χ0v) is 16.4. The highest BCUT2D eigenvalue weighted by Crippen LogP contribution is 2.23. The first kappa shape index (κ1) is 20.7. The number of hydrogen-bond acceptors (Lipinski definition) is 6. The number of carbonyl (C=O) groups excluding carboxylic acids is 1. The van der Waals surface area contributed by atoms with Crippen molar-refractivity contribution in [3.63, 3.8) is 0 Å². The number of carbonyl (C=O) groups is 1. The van der Waals surface area contributed by atoms with Gasteiger partial charge in [-0.05, 0) is 25.1 Å². The quantitative estimate of drug-likeness (QED) is 0.350. The van der Waals surface area contributed by atoms with Crippen LogP contribution in [0.2, 0.25) is 0 Å². The SMILES string of the molecule is Cc1cccc(NC(=O)c2cc([N+](=O)[O-])ccc2NCCC[NH+]2CCOCC2)n1. The van der Waals surface area contributed by atoms with Crippen molar-refractivity contribution in [3.05, 3.63) is 57.8 Å². The average molecular weight is 400 g/mol. The van der Waals surface area contributed by atoms with Crippen LogP contribution >= 0.6 is 0 Å². The smallest absolute Gasteiger partial charge is 0.270 e. The number of hydrogen-bond donors (Lipinski definition) is 3. The van der Waals surface area contributed by atoms with Gasteiger partial charge >= 0.3 is 0 Å². The second-order valence-corrected chi connectivity index (χ2v) is 7.00. The number of nitro groups is 1. The maximum absolute atomic E-state index is 12.8. The molecule has 3 N–H and O–H groups in total. The molecule has 1 fully saturated rings. The van der Waals surface area contributed by atoms with Gasteiger partial charge in [0.25, 0.3) is 11.6 Å². The summed E-state index contributed by atoms with van der Waals surface area (Å²) in [5, 5.41) is 17.1. The fraction of sp³-hybridized carbons (Fsp3) is 0.400. The van der Waals surface area contributed by atoms with Gasteiger partial charge in [-0.2, -0.15) is 0 Å². The lowest BCUT2D eigenvalue weighted by Gasteiger charge is -2.23. The van der Waals surface area contributed by atoms with Crippen LogP contribution in [0, 0.1) is 17.0 Å². The van der Waals surface area contributed by atoms with Crippen molar-refractivity contribution in [2.75, 3.05) is 50.0 Å². The van der Waals surface area contributed by atoms with Gasteiger partial charge in [0.2, 0.25) is 0 Å². The summed E-state index contributed by atoms with van der Waals surface area (Å²) in [7, 11) is 0. The number of quaternary nitrogens is 1. The number of pyridine rings is 1. The molecule has 9 heteroatoms. The highest BCUT2D eigenvalue weighted by Gasteiger charge is 2.18. The van der Waals surface area contributed by atoms with Crippen molar-refractivity contribution >= 4 is 23.1 Å². The van der Waals surface area contributed by atoms with E-state index >= 15 is 0 Å². The lowest BCUT2D eigenvalue weighted by molar-refractivity contribution is -0.908. The number of ether oxygens (including phenoxy) is 1. The Morgan fingerprint density at radius 2 is 2.07 bits per heavy atom. The summed E-state index contributed by atoms with van der Waals surface area (Å²) in [5.41, 5.74) is 1.43. The number of benzene rings is 1. The minimum atomic E-state index is -0.507. The van der Waals surface area contributed by atoms with E-state index in [1.54, 1.807) is 18.2 Å². The molecule has 2 heterocycles. The minimum Gasteiger partial charge on any atom is -0.384 e. The number of anilines is 2. The van der Waals surface area contributed by atoms with Gasteiger partial charge < -0.3 is 20.3 Å². The van der Waals surface area contributed by atoms with Crippen molar-refractivity contribution in [2.24, 2.45) is 0 Å². The van der Waals surface area contributed by atoms with E-state index in [9.17, 15) is 14.9 Å². The van der Waals surface area contributed by atoms with Crippen molar-refractivity contribution in [3.8, 4) is 0 Å². The van der Waals surface area contributed by atoms with E-state index in [-0.39, 0.29) is 11.3 Å². The topological polar surface area (TPSA) is 111 Å². The van der Waals surface area contributed by atoms with Gasteiger partial charge in [0, 0.05) is 36.5 Å². The fourth-order valence-electron chi connectivity index (χ4n) is 3.26. The molecule has 1 amide bonds. The lowest BCUT2D eigenvalue weighted by Crippen LogP contribution is -3.14. The van der Waals surface area contributed by atoms with E-state index in [2.05, 4.69) is 15.6 Å². The Morgan fingerprint density at radius 3 is 2.79 bits per heavy atom. The molecule has 1 aliphatic rings. The molecule has 0 radical (unpaired) electrons. The van der Waals surface area contributed by atoms with Crippen LogP contribution in [0.15, 0.2) is 36.4 Å². The number of aryl methyl sites for hydroxylation is 1. The summed E-state index contributed by atoms with van der Waals surface area (Å²) in [5.74, 6) is -0.0310. The van der Waals surface area contributed by atoms with Crippen molar-refractivity contribution in [1.82, 2.24) is 4.98 Å². The van der Waals surface area contributed by atoms with Crippen LogP contribution in [0.25, 0.3) is 0 Å². The second kappa shape index (κ2) is 9.94. The first-order chi connectivity index (χ1) is 14.0. The van der Waals surface area contributed by atoms with Crippen molar-refractivity contribution in [2.45, 2.75) is 13.3 Å². The van der Waals surface area contributed by atoms with Crippen molar-refractivity contribution in [1.29, 1.82) is 0 Å². The molecular formula is C20H26N5O4+. The van der Waals surface area contributed by atoms with Crippen LogP contribution in [-0.2, 0) is 4.74 Å². The molecule has 0 aliphatic carbocycles. The second-order valence-electron chi connectivity index (χ2n) is 7.00. The van der Waals surface area contributed by atoms with Crippen LogP contribution in [0.1, 0.15) is 22.5 Å². The van der Waals surface area contributed by atoms with E-state index in [1.165, 1.54) is 17.0 Å². The third-order valence-corrected chi connectivity index (χ3v) is 4.81. The Labute approximate surface area is 169 Å². The maximum Gasteiger partial charge on any atom is 0.270 e. The summed E-state index contributed by atoms with van der Waals surface area (Å²) in [6.45, 7) is 7.11. The normalized spacial score (nSPS) is 14.4. The number of non-ortho nitro benzene ring substituents is 1. The number of nitrogens with one attached hydrogen (secondary N) is 3. The van der Waals surface area contributed by atoms with Gasteiger partial charge in [0.05, 0.1) is 30.2 Å². The number of amides is 1. The number of nitro benzene ring substituents is 1. The highest BCUT2D eigenvalue weighted by molar-refractivity contribution is 6.08. The molecule has 1 aromatic heterocycles. The first-order valence-electron chi connectivity index (χ1n) is 9.71. The molecule has 154 valence electrons. The number of morpholine rings is 1. The molecule has 0 bridgehead atoms. The van der Waals surface area contributed by atoms with Gasteiger partial charge in [0.1, 0.15) is 18.9 Å². The van der Waals surface area contributed by atoms with Gasteiger partial charge in [-0.3, -0.25) is 14.9 Å². The van der Waals surface area contributed by atoms with Crippen LogP contribution < -0.4 is 15.5 Å². The van der Waals surface area contributed by atoms with Crippen LogP contribution in [0.3, 0.4) is 0 Å². The van der Waals surface area contributed by atoms with E-state index in [1.807, 2.05) is 13.0 Å². The number of rotatable bonds is 8. The zero-order chi connectivity index (χ0) is 20.6. The summed E-state index contributed by atoms with van der Waals surface area (Å²) in [4.78, 5) is 29.2. The molecule has 1 saturated heterocycles. The molecule has 2 aromatic rings. The molecule has 29 heavy (non-hydrogen) atoms. The molecule has 0 atom stereocenters. The summed E-state index contributed by atoms with van der Waals surface area (Å²) in [6, 6.07) is 9.57. The van der Waals surface area contributed by atoms with Crippen LogP contribution in [0.5, 0.6) is 0 Å². The molecule has 0 saturated carbocycles. The zero-order valence-electron chi connectivity index (χ0n) is 16.4. The van der Waals surface area contributed by atoms with E-state index in [4.69, 9.17) is 4.74 Å². The Balaban J connectivity index is 1.67. The molecule has 0 spiro atoms. The standard InChI is InChI=1S/C20H25N5O4/c1-15-4-2-5-19(22-15)23-20(26)17-14-16(25(27)28)6-7-18(17)21-8-3-9-24-10-12-29-13-11-24/h2,4-7,14,21H,3,8-13H2,1H3,(H,22,23,26)/p+1. The molecular weight excluding hydrogens is 374 g/mol. The number of aromatic nitrogens is 1. The Kier molecular flexibility index (Phi) is 7.09. The van der Waals surface area contributed by atoms with Gasteiger partial charge in [-0.25, -0.2) is 4.98 Å². The molecule has 9 nitrogen and oxygen atoms in total. The Hall–Kier alpha value is -3.04. The number of nitrogens with zero attached hydrogens (tertiary/aromatic N) is 2. The Bertz CT molecular complexity index is 868. The van der Waals surface area contributed by atoms with E-state index in [0.717, 1.165) is 45.0 Å². The van der Waals surface area contributed by atoms with Gasteiger partial charge in [0.15, 0.2) is 0 Å². The molecule has 1 aromatic carbocycles. The summed E-state index contributed by atoms with van der Waals surface area (Å²) >= 11 is 0. The average Bonchev–Trinajstić information content (AvgIpc) is 2.72. The third kappa shape index (κ3) is 5.97. The van der Waals surface area contributed by atoms with E-state index < -0.39 is 10.8 Å². The Morgan fingerprint density at radius 1 is 1.28 bits per heavy atom. The summed E-state index contributed by atoms with van der Waals surface area (Å²) < 4.78 is 5.36. The summed E-state index contributed by atoms with van der Waals surface area (Å²) in [6.07, 6.45) is 0.923. The maximum atomic E-state index is 12.8. The van der Waals surface area contributed by atoms with Crippen LogP contribution in [-0.4, -0.2) is 55.2 Å².